The molecule has 4 nitrogen and oxygen atoms in total. The molecule has 1 aromatic rings. The minimum absolute atomic E-state index is 0.0140. The summed E-state index contributed by atoms with van der Waals surface area (Å²) in [5.74, 6) is -0.666. The lowest BCUT2D eigenvalue weighted by atomic mass is 9.84. The molecule has 1 heterocycles. The van der Waals surface area contributed by atoms with Crippen molar-refractivity contribution in [1.82, 2.24) is 5.32 Å². The number of carbonyl (C=O) groups is 3. The van der Waals surface area contributed by atoms with Gasteiger partial charge in [-0.3, -0.25) is 19.7 Å². The van der Waals surface area contributed by atoms with E-state index in [0.717, 1.165) is 21.2 Å². The lowest BCUT2D eigenvalue weighted by Gasteiger charge is -2.24. The smallest absolute Gasteiger partial charge is 0.229 e. The number of hydrogen-bond donors (Lipinski definition) is 1. The molecule has 0 radical (unpaired) electrons. The van der Waals surface area contributed by atoms with Crippen molar-refractivity contribution in [2.75, 3.05) is 0 Å². The number of fused-ring (bicyclic) bond motifs is 1. The topological polar surface area (TPSA) is 63.2 Å². The average molecular weight is 348 g/mol. The summed E-state index contributed by atoms with van der Waals surface area (Å²) < 4.78 is 0.919. The number of benzene rings is 1. The number of halogens is 1. The van der Waals surface area contributed by atoms with Crippen molar-refractivity contribution in [2.24, 2.45) is 5.92 Å². The number of ketones is 1. The van der Waals surface area contributed by atoms with Gasteiger partial charge < -0.3 is 0 Å². The van der Waals surface area contributed by atoms with Gasteiger partial charge in [0.1, 0.15) is 0 Å². The van der Waals surface area contributed by atoms with Crippen molar-refractivity contribution in [3.8, 4) is 0 Å². The van der Waals surface area contributed by atoms with Gasteiger partial charge >= 0.3 is 0 Å². The molecule has 1 fully saturated rings. The number of carbonyl (C=O) groups excluding carboxylic acids is 3. The number of amides is 2. The zero-order valence-electron chi connectivity index (χ0n) is 11.3. The molecule has 1 N–H and O–H groups in total. The molecule has 108 valence electrons. The van der Waals surface area contributed by atoms with E-state index in [9.17, 15) is 14.4 Å². The van der Waals surface area contributed by atoms with Crippen LogP contribution in [0.2, 0.25) is 0 Å². The van der Waals surface area contributed by atoms with Gasteiger partial charge in [0, 0.05) is 22.4 Å². The van der Waals surface area contributed by atoms with E-state index >= 15 is 0 Å². The highest BCUT2D eigenvalue weighted by Crippen LogP contribution is 2.31. The van der Waals surface area contributed by atoms with Gasteiger partial charge in [-0.2, -0.15) is 0 Å². The molecule has 1 aliphatic heterocycles. The van der Waals surface area contributed by atoms with Crippen LogP contribution in [0.15, 0.2) is 34.3 Å². The molecule has 1 aliphatic carbocycles. The fraction of sp³-hybridized carbons (Fsp3) is 0.312. The van der Waals surface area contributed by atoms with Gasteiger partial charge in [0.15, 0.2) is 5.78 Å². The number of nitrogens with one attached hydrogen (secondary N) is 1. The number of allylic oxidation sites excluding steroid dienone is 2. The first kappa shape index (κ1) is 14.2. The van der Waals surface area contributed by atoms with Gasteiger partial charge in [-0.25, -0.2) is 0 Å². The third-order valence-electron chi connectivity index (χ3n) is 3.99. The van der Waals surface area contributed by atoms with E-state index in [4.69, 9.17) is 0 Å². The summed E-state index contributed by atoms with van der Waals surface area (Å²) >= 11 is 3.48. The van der Waals surface area contributed by atoms with Gasteiger partial charge in [-0.15, -0.1) is 0 Å². The SMILES string of the molecule is O=C1CCC(CC2=CC(=O)c3cccc(Br)c3C2)C(=O)N1. The molecule has 2 aliphatic rings. The summed E-state index contributed by atoms with van der Waals surface area (Å²) in [5, 5.41) is 2.36. The van der Waals surface area contributed by atoms with E-state index in [1.807, 2.05) is 18.2 Å². The molecule has 1 saturated heterocycles. The van der Waals surface area contributed by atoms with E-state index in [1.54, 1.807) is 6.08 Å². The minimum Gasteiger partial charge on any atom is -0.296 e. The van der Waals surface area contributed by atoms with Crippen molar-refractivity contribution >= 4 is 33.5 Å². The molecule has 1 unspecified atom stereocenters. The Balaban J connectivity index is 1.79. The predicted octanol–water partition coefficient (Wildman–Crippen LogP) is 2.56. The molecule has 5 heteroatoms. The standard InChI is InChI=1S/C16H14BrNO3/c17-13-3-1-2-11-12(13)7-9(8-14(11)19)6-10-4-5-15(20)18-16(10)21/h1-3,8,10H,4-7H2,(H,18,20,21). The molecular weight excluding hydrogens is 334 g/mol. The third-order valence-corrected chi connectivity index (χ3v) is 4.73. The van der Waals surface area contributed by atoms with Crippen LogP contribution < -0.4 is 5.32 Å². The first-order valence-corrected chi connectivity index (χ1v) is 7.69. The van der Waals surface area contributed by atoms with Crippen LogP contribution in [0.5, 0.6) is 0 Å². The third kappa shape index (κ3) is 2.83. The molecule has 3 rings (SSSR count). The number of piperidine rings is 1. The van der Waals surface area contributed by atoms with E-state index in [1.165, 1.54) is 0 Å². The highest BCUT2D eigenvalue weighted by Gasteiger charge is 2.29. The first-order valence-electron chi connectivity index (χ1n) is 6.89. The monoisotopic (exact) mass is 347 g/mol. The average Bonchev–Trinajstić information content (AvgIpc) is 2.43. The highest BCUT2D eigenvalue weighted by molar-refractivity contribution is 9.10. The summed E-state index contributed by atoms with van der Waals surface area (Å²) in [6.07, 6.45) is 3.77. The molecule has 0 saturated carbocycles. The largest absolute Gasteiger partial charge is 0.296 e. The van der Waals surface area contributed by atoms with E-state index in [0.29, 0.717) is 25.7 Å². The van der Waals surface area contributed by atoms with Crippen LogP contribution in [0.3, 0.4) is 0 Å². The molecule has 2 amide bonds. The van der Waals surface area contributed by atoms with E-state index in [-0.39, 0.29) is 23.5 Å². The van der Waals surface area contributed by atoms with Gasteiger partial charge in [-0.1, -0.05) is 33.6 Å². The lowest BCUT2D eigenvalue weighted by Crippen LogP contribution is -2.41. The number of hydrogen-bond acceptors (Lipinski definition) is 3. The summed E-state index contributed by atoms with van der Waals surface area (Å²) in [4.78, 5) is 35.2. The fourth-order valence-electron chi connectivity index (χ4n) is 2.89. The Morgan fingerprint density at radius 1 is 1.24 bits per heavy atom. The highest BCUT2D eigenvalue weighted by atomic mass is 79.9. The van der Waals surface area contributed by atoms with Gasteiger partial charge in [0.25, 0.3) is 0 Å². The maximum Gasteiger partial charge on any atom is 0.229 e. The molecule has 1 aromatic carbocycles. The zero-order chi connectivity index (χ0) is 15.0. The summed E-state index contributed by atoms with van der Waals surface area (Å²) in [5.41, 5.74) is 2.65. The van der Waals surface area contributed by atoms with Crippen molar-refractivity contribution in [2.45, 2.75) is 25.7 Å². The predicted molar refractivity (Wildman–Crippen MR) is 80.8 cm³/mol. The molecule has 1 atom stereocenters. The fourth-order valence-corrected chi connectivity index (χ4v) is 3.40. The van der Waals surface area contributed by atoms with Crippen molar-refractivity contribution in [1.29, 1.82) is 0 Å². The Hall–Kier alpha value is -1.75. The van der Waals surface area contributed by atoms with E-state index in [2.05, 4.69) is 21.2 Å². The van der Waals surface area contributed by atoms with Crippen molar-refractivity contribution < 1.29 is 14.4 Å². The van der Waals surface area contributed by atoms with Crippen LogP contribution in [-0.2, 0) is 16.0 Å². The molecule has 21 heavy (non-hydrogen) atoms. The van der Waals surface area contributed by atoms with Gasteiger partial charge in [0.05, 0.1) is 0 Å². The Bertz CT molecular complexity index is 678. The van der Waals surface area contributed by atoms with Crippen LogP contribution >= 0.6 is 15.9 Å². The molecule has 0 aromatic heterocycles. The van der Waals surface area contributed by atoms with E-state index < -0.39 is 0 Å². The van der Waals surface area contributed by atoms with Crippen molar-refractivity contribution in [3.05, 3.63) is 45.4 Å². The van der Waals surface area contributed by atoms with Crippen LogP contribution in [-0.4, -0.2) is 17.6 Å². The summed E-state index contributed by atoms with van der Waals surface area (Å²) in [7, 11) is 0. The Labute approximate surface area is 130 Å². The second kappa shape index (κ2) is 5.56. The minimum atomic E-state index is -0.225. The number of imide groups is 1. The number of rotatable bonds is 2. The maximum atomic E-state index is 12.2. The molecule has 0 spiro atoms. The van der Waals surface area contributed by atoms with Crippen LogP contribution in [0.1, 0.15) is 35.2 Å². The lowest BCUT2D eigenvalue weighted by molar-refractivity contribution is -0.136. The molecular formula is C16H14BrNO3. The zero-order valence-corrected chi connectivity index (χ0v) is 12.9. The molecule has 0 bridgehead atoms. The first-order chi connectivity index (χ1) is 10.0. The normalized spacial score (nSPS) is 21.7. The van der Waals surface area contributed by atoms with Crippen molar-refractivity contribution in [3.63, 3.8) is 0 Å². The maximum absolute atomic E-state index is 12.2. The Morgan fingerprint density at radius 2 is 2.05 bits per heavy atom. The van der Waals surface area contributed by atoms with Gasteiger partial charge in [-0.05, 0) is 37.0 Å². The summed E-state index contributed by atoms with van der Waals surface area (Å²) in [6, 6.07) is 5.59. The second-order valence-corrected chi connectivity index (χ2v) is 6.32. The van der Waals surface area contributed by atoms with Crippen LogP contribution in [0, 0.1) is 5.92 Å². The summed E-state index contributed by atoms with van der Waals surface area (Å²) in [6.45, 7) is 0. The van der Waals surface area contributed by atoms with Crippen LogP contribution in [0.4, 0.5) is 0 Å². The van der Waals surface area contributed by atoms with Crippen LogP contribution in [0.25, 0.3) is 0 Å². The second-order valence-electron chi connectivity index (χ2n) is 5.46. The Morgan fingerprint density at radius 3 is 2.81 bits per heavy atom. The van der Waals surface area contributed by atoms with Gasteiger partial charge in [0.2, 0.25) is 11.8 Å². The quantitative estimate of drug-likeness (QED) is 0.836. The Kier molecular flexibility index (Phi) is 3.76.